The highest BCUT2D eigenvalue weighted by molar-refractivity contribution is 5.96. The molecule has 1 N–H and O–H groups in total. The molecule has 0 saturated carbocycles. The molecule has 33 heavy (non-hydrogen) atoms. The Morgan fingerprint density at radius 2 is 1.52 bits per heavy atom. The number of benzene rings is 3. The van der Waals surface area contributed by atoms with Crippen LogP contribution in [-0.4, -0.2) is 20.2 Å². The zero-order valence-corrected chi connectivity index (χ0v) is 18.9. The van der Waals surface area contributed by atoms with E-state index in [0.29, 0.717) is 18.7 Å². The van der Waals surface area contributed by atoms with Crippen molar-refractivity contribution in [2.24, 2.45) is 0 Å². The highest BCUT2D eigenvalue weighted by atomic mass is 16.4. The SMILES string of the molecule is CCC(C)c1cn(Cc2ccccc2)c(=O)n1Cc1ccccc1-c1ccccc1C(=O)O. The number of imidazole rings is 1. The van der Waals surface area contributed by atoms with Gasteiger partial charge in [-0.25, -0.2) is 9.59 Å². The van der Waals surface area contributed by atoms with Crippen molar-refractivity contribution in [3.8, 4) is 11.1 Å². The molecule has 5 nitrogen and oxygen atoms in total. The average molecular weight is 441 g/mol. The zero-order valence-electron chi connectivity index (χ0n) is 18.9. The number of aromatic carboxylic acids is 1. The van der Waals surface area contributed by atoms with E-state index in [1.54, 1.807) is 16.7 Å². The van der Waals surface area contributed by atoms with Gasteiger partial charge in [0, 0.05) is 11.9 Å². The van der Waals surface area contributed by atoms with Crippen LogP contribution in [0, 0.1) is 0 Å². The molecule has 0 aliphatic carbocycles. The predicted octanol–water partition coefficient (Wildman–Crippen LogP) is 5.63. The van der Waals surface area contributed by atoms with Gasteiger partial charge in [-0.1, -0.05) is 86.6 Å². The summed E-state index contributed by atoms with van der Waals surface area (Å²) in [7, 11) is 0. The Bertz CT molecular complexity index is 1320. The molecule has 0 radical (unpaired) electrons. The lowest BCUT2D eigenvalue weighted by atomic mass is 9.95. The summed E-state index contributed by atoms with van der Waals surface area (Å²) < 4.78 is 3.60. The standard InChI is InChI=1S/C28H28N2O3/c1-3-20(2)26-19-29(17-21-11-5-4-6-12-21)28(33)30(26)18-22-13-7-8-14-23(22)24-15-9-10-16-25(24)27(31)32/h4-16,19-20H,3,17-18H2,1-2H3,(H,31,32). The summed E-state index contributed by atoms with van der Waals surface area (Å²) in [6, 6.07) is 24.7. The molecule has 0 aliphatic heterocycles. The van der Waals surface area contributed by atoms with E-state index in [0.717, 1.165) is 28.8 Å². The lowest BCUT2D eigenvalue weighted by Gasteiger charge is -2.16. The molecular weight excluding hydrogens is 412 g/mol. The molecule has 5 heteroatoms. The molecule has 1 heterocycles. The van der Waals surface area contributed by atoms with E-state index in [1.165, 1.54) is 0 Å². The predicted molar refractivity (Wildman–Crippen MR) is 131 cm³/mol. The Hall–Kier alpha value is -3.86. The second-order valence-electron chi connectivity index (χ2n) is 8.35. The monoisotopic (exact) mass is 440 g/mol. The van der Waals surface area contributed by atoms with Gasteiger partial charge in [0.05, 0.1) is 18.7 Å². The number of aromatic nitrogens is 2. The first-order valence-corrected chi connectivity index (χ1v) is 11.2. The van der Waals surface area contributed by atoms with Gasteiger partial charge in [-0.2, -0.15) is 0 Å². The molecule has 1 unspecified atom stereocenters. The zero-order chi connectivity index (χ0) is 23.4. The summed E-state index contributed by atoms with van der Waals surface area (Å²) in [5, 5.41) is 9.69. The van der Waals surface area contributed by atoms with Crippen LogP contribution in [0.2, 0.25) is 0 Å². The van der Waals surface area contributed by atoms with Crippen LogP contribution in [-0.2, 0) is 13.1 Å². The summed E-state index contributed by atoms with van der Waals surface area (Å²) in [5.41, 5.74) is 4.64. The Balaban J connectivity index is 1.79. The van der Waals surface area contributed by atoms with Crippen molar-refractivity contribution in [2.45, 2.75) is 39.3 Å². The van der Waals surface area contributed by atoms with Crippen LogP contribution in [0.15, 0.2) is 89.9 Å². The summed E-state index contributed by atoms with van der Waals surface area (Å²) >= 11 is 0. The van der Waals surface area contributed by atoms with E-state index in [-0.39, 0.29) is 17.2 Å². The second kappa shape index (κ2) is 9.74. The Morgan fingerprint density at radius 3 is 2.21 bits per heavy atom. The first kappa shape index (κ1) is 22.3. The van der Waals surface area contributed by atoms with Gasteiger partial charge in [0.1, 0.15) is 0 Å². The van der Waals surface area contributed by atoms with Gasteiger partial charge in [0.15, 0.2) is 0 Å². The molecule has 168 valence electrons. The Kier molecular flexibility index (Phi) is 6.59. The topological polar surface area (TPSA) is 64.2 Å². The number of carboxylic acid groups (broad SMARTS) is 1. The third-order valence-corrected chi connectivity index (χ3v) is 6.18. The maximum atomic E-state index is 13.5. The third kappa shape index (κ3) is 4.67. The largest absolute Gasteiger partial charge is 0.478 e. The summed E-state index contributed by atoms with van der Waals surface area (Å²) in [4.78, 5) is 25.3. The molecule has 0 saturated heterocycles. The number of carboxylic acids is 1. The number of hydrogen-bond acceptors (Lipinski definition) is 2. The van der Waals surface area contributed by atoms with Crippen LogP contribution in [0.3, 0.4) is 0 Å². The highest BCUT2D eigenvalue weighted by Crippen LogP contribution is 2.29. The van der Waals surface area contributed by atoms with Crippen molar-refractivity contribution in [3.63, 3.8) is 0 Å². The minimum Gasteiger partial charge on any atom is -0.478 e. The first-order chi connectivity index (χ1) is 16.0. The lowest BCUT2D eigenvalue weighted by molar-refractivity contribution is 0.0697. The third-order valence-electron chi connectivity index (χ3n) is 6.18. The Labute approximate surface area is 193 Å². The molecular formula is C28H28N2O3. The van der Waals surface area contributed by atoms with Crippen molar-refractivity contribution < 1.29 is 9.90 Å². The van der Waals surface area contributed by atoms with E-state index < -0.39 is 5.97 Å². The fourth-order valence-corrected chi connectivity index (χ4v) is 4.20. The van der Waals surface area contributed by atoms with Crippen molar-refractivity contribution in [2.75, 3.05) is 0 Å². The van der Waals surface area contributed by atoms with Gasteiger partial charge in [-0.15, -0.1) is 0 Å². The van der Waals surface area contributed by atoms with E-state index in [2.05, 4.69) is 13.8 Å². The van der Waals surface area contributed by atoms with Crippen LogP contribution in [0.5, 0.6) is 0 Å². The molecule has 0 fully saturated rings. The van der Waals surface area contributed by atoms with E-state index in [1.807, 2.05) is 77.5 Å². The van der Waals surface area contributed by atoms with Gasteiger partial charge in [0.25, 0.3) is 0 Å². The molecule has 3 aromatic carbocycles. The van der Waals surface area contributed by atoms with Crippen molar-refractivity contribution >= 4 is 5.97 Å². The smallest absolute Gasteiger partial charge is 0.336 e. The molecule has 1 aromatic heterocycles. The molecule has 0 aliphatic rings. The number of nitrogens with zero attached hydrogens (tertiary/aromatic N) is 2. The number of carbonyl (C=O) groups is 1. The minimum absolute atomic E-state index is 0.0597. The second-order valence-corrected chi connectivity index (χ2v) is 8.35. The van der Waals surface area contributed by atoms with Gasteiger partial charge in [-0.05, 0) is 40.7 Å². The molecule has 0 bridgehead atoms. The maximum Gasteiger partial charge on any atom is 0.336 e. The maximum absolute atomic E-state index is 13.5. The fourth-order valence-electron chi connectivity index (χ4n) is 4.20. The summed E-state index contributed by atoms with van der Waals surface area (Å²) in [5.74, 6) is -0.750. The average Bonchev–Trinajstić information content (AvgIpc) is 3.14. The van der Waals surface area contributed by atoms with Gasteiger partial charge in [0.2, 0.25) is 0 Å². The van der Waals surface area contributed by atoms with Crippen molar-refractivity contribution in [3.05, 3.63) is 118 Å². The van der Waals surface area contributed by atoms with Crippen LogP contribution in [0.4, 0.5) is 0 Å². The minimum atomic E-state index is -0.966. The van der Waals surface area contributed by atoms with E-state index >= 15 is 0 Å². The molecule has 4 aromatic rings. The van der Waals surface area contributed by atoms with Crippen LogP contribution < -0.4 is 5.69 Å². The van der Waals surface area contributed by atoms with Gasteiger partial charge < -0.3 is 5.11 Å². The number of hydrogen-bond donors (Lipinski definition) is 1. The van der Waals surface area contributed by atoms with Crippen LogP contribution in [0.1, 0.15) is 53.4 Å². The van der Waals surface area contributed by atoms with Crippen molar-refractivity contribution in [1.82, 2.24) is 9.13 Å². The quantitative estimate of drug-likeness (QED) is 0.386. The Morgan fingerprint density at radius 1 is 0.879 bits per heavy atom. The van der Waals surface area contributed by atoms with Crippen molar-refractivity contribution in [1.29, 1.82) is 0 Å². The fraction of sp³-hybridized carbons (Fsp3) is 0.214. The summed E-state index contributed by atoms with van der Waals surface area (Å²) in [6.45, 7) is 5.14. The first-order valence-electron chi connectivity index (χ1n) is 11.2. The normalized spacial score (nSPS) is 11.9. The van der Waals surface area contributed by atoms with E-state index in [9.17, 15) is 14.7 Å². The molecule has 4 rings (SSSR count). The molecule has 0 spiro atoms. The molecule has 1 atom stereocenters. The van der Waals surface area contributed by atoms with E-state index in [4.69, 9.17) is 0 Å². The molecule has 0 amide bonds. The summed E-state index contributed by atoms with van der Waals surface area (Å²) in [6.07, 6.45) is 2.88. The lowest BCUT2D eigenvalue weighted by Crippen LogP contribution is -2.26. The van der Waals surface area contributed by atoms with Gasteiger partial charge >= 0.3 is 11.7 Å². The van der Waals surface area contributed by atoms with Crippen LogP contribution in [0.25, 0.3) is 11.1 Å². The van der Waals surface area contributed by atoms with Gasteiger partial charge in [-0.3, -0.25) is 9.13 Å². The highest BCUT2D eigenvalue weighted by Gasteiger charge is 2.19. The number of rotatable bonds is 8. The van der Waals surface area contributed by atoms with Crippen LogP contribution >= 0.6 is 0 Å².